The number of nitrogens with one attached hydrogen (secondary N) is 2. The van der Waals surface area contributed by atoms with Gasteiger partial charge in [-0.05, 0) is 6.92 Å². The van der Waals surface area contributed by atoms with Gasteiger partial charge in [0.15, 0.2) is 11.0 Å². The minimum Gasteiger partial charge on any atom is -0.345 e. The highest BCUT2D eigenvalue weighted by Gasteiger charge is 2.21. The van der Waals surface area contributed by atoms with Crippen LogP contribution in [0.5, 0.6) is 0 Å². The van der Waals surface area contributed by atoms with Gasteiger partial charge in [-0.3, -0.25) is 9.59 Å². The van der Waals surface area contributed by atoms with Crippen LogP contribution in [0.1, 0.15) is 13.8 Å². The van der Waals surface area contributed by atoms with Crippen molar-refractivity contribution in [2.45, 2.75) is 19.9 Å². The van der Waals surface area contributed by atoms with Crippen molar-refractivity contribution < 1.29 is 9.59 Å². The van der Waals surface area contributed by atoms with Crippen molar-refractivity contribution in [3.05, 3.63) is 42.7 Å². The van der Waals surface area contributed by atoms with E-state index in [1.165, 1.54) is 18.3 Å². The topological polar surface area (TPSA) is 88.9 Å². The number of anilines is 1. The molecule has 0 saturated heterocycles. The number of nitrogens with zero attached hydrogens (tertiary/aromatic N) is 3. The summed E-state index contributed by atoms with van der Waals surface area (Å²) in [5, 5.41) is 5.80. The molecule has 0 spiro atoms. The van der Waals surface area contributed by atoms with E-state index in [0.29, 0.717) is 5.13 Å². The zero-order valence-corrected chi connectivity index (χ0v) is 15.5. The Morgan fingerprint density at radius 2 is 1.96 bits per heavy atom. The summed E-state index contributed by atoms with van der Waals surface area (Å²) in [6.07, 6.45) is 3.59. The lowest BCUT2D eigenvalue weighted by Crippen LogP contribution is -2.40. The molecule has 8 heteroatoms. The summed E-state index contributed by atoms with van der Waals surface area (Å²) >= 11 is 1.35. The van der Waals surface area contributed by atoms with Crippen LogP contribution in [0.25, 0.3) is 22.0 Å². The third-order valence-electron chi connectivity index (χ3n) is 3.74. The number of imidazole rings is 1. The van der Waals surface area contributed by atoms with Crippen LogP contribution in [0.3, 0.4) is 0 Å². The summed E-state index contributed by atoms with van der Waals surface area (Å²) < 4.78 is 1.91. The van der Waals surface area contributed by atoms with Crippen molar-refractivity contribution in [3.63, 3.8) is 0 Å². The number of thiazole rings is 1. The van der Waals surface area contributed by atoms with E-state index in [0.717, 1.165) is 22.0 Å². The molecule has 2 amide bonds. The van der Waals surface area contributed by atoms with Crippen LogP contribution in [-0.2, 0) is 16.6 Å². The van der Waals surface area contributed by atoms with Crippen LogP contribution in [0.2, 0.25) is 0 Å². The number of amides is 2. The minimum absolute atomic E-state index is 0.259. The molecular weight excluding hydrogens is 350 g/mol. The normalized spacial score (nSPS) is 11.8. The maximum atomic E-state index is 12.3. The van der Waals surface area contributed by atoms with Crippen LogP contribution in [0, 0.1) is 0 Å². The second-order valence-corrected chi connectivity index (χ2v) is 6.84. The van der Waals surface area contributed by atoms with Gasteiger partial charge in [-0.2, -0.15) is 0 Å². The summed E-state index contributed by atoms with van der Waals surface area (Å²) in [6, 6.07) is 9.10. The van der Waals surface area contributed by atoms with Crippen molar-refractivity contribution in [1.82, 2.24) is 19.9 Å². The molecule has 3 rings (SSSR count). The first-order valence-electron chi connectivity index (χ1n) is 8.07. The Kier molecular flexibility index (Phi) is 5.13. The number of carbonyl (C=O) groups is 2. The Morgan fingerprint density at radius 1 is 1.23 bits per heavy atom. The molecule has 0 aliphatic heterocycles. The number of aromatic nitrogens is 3. The van der Waals surface area contributed by atoms with Crippen LogP contribution < -0.4 is 10.6 Å². The molecule has 1 unspecified atom stereocenters. The molecule has 2 N–H and O–H groups in total. The van der Waals surface area contributed by atoms with E-state index >= 15 is 0 Å². The van der Waals surface area contributed by atoms with Gasteiger partial charge in [-0.1, -0.05) is 41.7 Å². The first-order valence-corrected chi connectivity index (χ1v) is 8.89. The third-order valence-corrected chi connectivity index (χ3v) is 4.71. The Hall–Kier alpha value is -3.00. The maximum Gasteiger partial charge on any atom is 0.248 e. The lowest BCUT2D eigenvalue weighted by atomic mass is 10.1. The van der Waals surface area contributed by atoms with Crippen molar-refractivity contribution in [3.8, 4) is 22.0 Å². The molecule has 2 aromatic heterocycles. The predicted molar refractivity (Wildman–Crippen MR) is 102 cm³/mol. The van der Waals surface area contributed by atoms with E-state index in [4.69, 9.17) is 0 Å². The zero-order valence-electron chi connectivity index (χ0n) is 14.7. The lowest BCUT2D eigenvalue weighted by Gasteiger charge is -2.10. The Bertz CT molecular complexity index is 932. The number of hydrogen-bond acceptors (Lipinski definition) is 5. The van der Waals surface area contributed by atoms with Gasteiger partial charge in [0, 0.05) is 31.9 Å². The van der Waals surface area contributed by atoms with Crippen LogP contribution in [0.15, 0.2) is 42.7 Å². The third kappa shape index (κ3) is 3.80. The molecule has 0 radical (unpaired) electrons. The lowest BCUT2D eigenvalue weighted by molar-refractivity contribution is -0.124. The molecule has 1 aromatic carbocycles. The van der Waals surface area contributed by atoms with Crippen LogP contribution in [-0.4, -0.2) is 32.4 Å². The van der Waals surface area contributed by atoms with Gasteiger partial charge >= 0.3 is 0 Å². The second kappa shape index (κ2) is 7.49. The molecule has 0 saturated carbocycles. The van der Waals surface area contributed by atoms with E-state index in [2.05, 4.69) is 20.6 Å². The van der Waals surface area contributed by atoms with Crippen LogP contribution in [0.4, 0.5) is 5.13 Å². The first kappa shape index (κ1) is 17.8. The molecule has 0 aliphatic rings. The smallest absolute Gasteiger partial charge is 0.248 e. The number of benzene rings is 1. The summed E-state index contributed by atoms with van der Waals surface area (Å²) in [7, 11) is 1.91. The Labute approximate surface area is 155 Å². The van der Waals surface area contributed by atoms with Gasteiger partial charge in [-0.15, -0.1) is 0 Å². The number of aryl methyl sites for hydroxylation is 1. The Balaban J connectivity index is 1.96. The molecule has 3 aromatic rings. The molecule has 26 heavy (non-hydrogen) atoms. The fourth-order valence-corrected chi connectivity index (χ4v) is 3.52. The molecule has 0 aliphatic carbocycles. The zero-order chi connectivity index (χ0) is 18.7. The molecule has 2 heterocycles. The molecule has 1 atom stereocenters. The number of hydrogen-bond donors (Lipinski definition) is 2. The highest BCUT2D eigenvalue weighted by Crippen LogP contribution is 2.38. The average molecular weight is 369 g/mol. The molecule has 0 fully saturated rings. The average Bonchev–Trinajstić information content (AvgIpc) is 3.21. The van der Waals surface area contributed by atoms with E-state index in [1.54, 1.807) is 13.1 Å². The van der Waals surface area contributed by atoms with E-state index < -0.39 is 6.04 Å². The second-order valence-electron chi connectivity index (χ2n) is 5.84. The fourth-order valence-electron chi connectivity index (χ4n) is 2.49. The number of rotatable bonds is 5. The predicted octanol–water partition coefficient (Wildman–Crippen LogP) is 2.67. The summed E-state index contributed by atoms with van der Waals surface area (Å²) in [5.74, 6) is 0.196. The molecular formula is C18H19N5O2S. The van der Waals surface area contributed by atoms with Crippen molar-refractivity contribution in [2.75, 3.05) is 5.32 Å². The summed E-state index contributed by atoms with van der Waals surface area (Å²) in [4.78, 5) is 33.3. The van der Waals surface area contributed by atoms with Crippen LogP contribution >= 0.6 is 11.3 Å². The highest BCUT2D eigenvalue weighted by molar-refractivity contribution is 7.19. The van der Waals surface area contributed by atoms with Gasteiger partial charge < -0.3 is 15.2 Å². The maximum absolute atomic E-state index is 12.3. The molecule has 134 valence electrons. The summed E-state index contributed by atoms with van der Waals surface area (Å²) in [5.41, 5.74) is 1.70. The van der Waals surface area contributed by atoms with E-state index in [9.17, 15) is 9.59 Å². The minimum atomic E-state index is -0.645. The Morgan fingerprint density at radius 3 is 2.58 bits per heavy atom. The van der Waals surface area contributed by atoms with Crippen molar-refractivity contribution in [1.29, 1.82) is 0 Å². The summed E-state index contributed by atoms with van der Waals surface area (Å²) in [6.45, 7) is 3.00. The number of carbonyl (C=O) groups excluding carboxylic acids is 2. The fraction of sp³-hybridized carbons (Fsp3) is 0.222. The largest absolute Gasteiger partial charge is 0.345 e. The van der Waals surface area contributed by atoms with Gasteiger partial charge in [0.2, 0.25) is 11.8 Å². The van der Waals surface area contributed by atoms with Crippen molar-refractivity contribution in [2.24, 2.45) is 7.05 Å². The van der Waals surface area contributed by atoms with E-state index in [1.807, 2.05) is 48.1 Å². The SMILES string of the molecule is CC(=O)NC(C)C(=O)Nc1nc(-c2ccccc2)c(-c2nccn2C)s1. The quantitative estimate of drug-likeness (QED) is 0.724. The standard InChI is InChI=1S/C18H19N5O2S/c1-11(20-12(2)24)17(25)22-18-21-14(13-7-5-4-6-8-13)15(26-18)16-19-9-10-23(16)3/h4-11H,1-3H3,(H,20,24)(H,21,22,25). The molecule has 7 nitrogen and oxygen atoms in total. The molecule has 0 bridgehead atoms. The monoisotopic (exact) mass is 369 g/mol. The van der Waals surface area contributed by atoms with E-state index in [-0.39, 0.29) is 11.8 Å². The van der Waals surface area contributed by atoms with Crippen molar-refractivity contribution >= 4 is 28.3 Å². The van der Waals surface area contributed by atoms with Gasteiger partial charge in [0.25, 0.3) is 0 Å². The van der Waals surface area contributed by atoms with Gasteiger partial charge in [0.1, 0.15) is 6.04 Å². The highest BCUT2D eigenvalue weighted by atomic mass is 32.1. The van der Waals surface area contributed by atoms with Gasteiger partial charge in [-0.25, -0.2) is 9.97 Å². The first-order chi connectivity index (χ1) is 12.5. The van der Waals surface area contributed by atoms with Gasteiger partial charge in [0.05, 0.1) is 10.6 Å².